The first kappa shape index (κ1) is 8.78. The molecule has 13 heavy (non-hydrogen) atoms. The van der Waals surface area contributed by atoms with Gasteiger partial charge in [0.05, 0.1) is 18.9 Å². The van der Waals surface area contributed by atoms with Crippen LogP contribution in [0.15, 0.2) is 22.8 Å². The van der Waals surface area contributed by atoms with Gasteiger partial charge in [-0.1, -0.05) is 0 Å². The van der Waals surface area contributed by atoms with Gasteiger partial charge in [0.15, 0.2) is 0 Å². The molecule has 0 saturated carbocycles. The van der Waals surface area contributed by atoms with E-state index in [0.29, 0.717) is 0 Å². The van der Waals surface area contributed by atoms with Crippen LogP contribution in [0.3, 0.4) is 0 Å². The lowest BCUT2D eigenvalue weighted by Crippen LogP contribution is -2.37. The molecule has 3 nitrogen and oxygen atoms in total. The highest BCUT2D eigenvalue weighted by atomic mass is 16.3. The van der Waals surface area contributed by atoms with E-state index < -0.39 is 0 Å². The average molecular weight is 181 g/mol. The van der Waals surface area contributed by atoms with Gasteiger partial charge in [-0.3, -0.25) is 4.90 Å². The molecule has 0 aromatic carbocycles. The first-order valence-corrected chi connectivity index (χ1v) is 4.77. The van der Waals surface area contributed by atoms with E-state index in [9.17, 15) is 5.11 Å². The minimum atomic E-state index is -0.149. The van der Waals surface area contributed by atoms with Gasteiger partial charge in [0.2, 0.25) is 0 Å². The minimum Gasteiger partial charge on any atom is -0.468 e. The largest absolute Gasteiger partial charge is 0.468 e. The number of aliphatic hydroxyl groups is 1. The van der Waals surface area contributed by atoms with Crippen LogP contribution >= 0.6 is 0 Å². The van der Waals surface area contributed by atoms with Gasteiger partial charge in [0, 0.05) is 6.54 Å². The van der Waals surface area contributed by atoms with E-state index in [1.165, 1.54) is 0 Å². The van der Waals surface area contributed by atoms with Crippen LogP contribution in [0.4, 0.5) is 0 Å². The van der Waals surface area contributed by atoms with E-state index in [4.69, 9.17) is 4.42 Å². The average Bonchev–Trinajstić information content (AvgIpc) is 2.57. The minimum absolute atomic E-state index is 0.149. The zero-order valence-corrected chi connectivity index (χ0v) is 7.65. The van der Waals surface area contributed by atoms with Gasteiger partial charge >= 0.3 is 0 Å². The van der Waals surface area contributed by atoms with Crippen molar-refractivity contribution in [3.05, 3.63) is 24.2 Å². The summed E-state index contributed by atoms with van der Waals surface area (Å²) in [6.45, 7) is 2.67. The molecule has 2 rings (SSSR count). The third-order valence-corrected chi connectivity index (χ3v) is 2.44. The van der Waals surface area contributed by atoms with Crippen molar-refractivity contribution in [1.82, 2.24) is 4.90 Å². The lowest BCUT2D eigenvalue weighted by molar-refractivity contribution is 0.0633. The van der Waals surface area contributed by atoms with E-state index in [1.54, 1.807) is 6.26 Å². The highest BCUT2D eigenvalue weighted by molar-refractivity contribution is 4.98. The van der Waals surface area contributed by atoms with Gasteiger partial charge in [0.1, 0.15) is 5.76 Å². The molecule has 2 heterocycles. The zero-order chi connectivity index (χ0) is 9.10. The Morgan fingerprint density at radius 2 is 2.54 bits per heavy atom. The van der Waals surface area contributed by atoms with Gasteiger partial charge in [-0.2, -0.15) is 0 Å². The summed E-state index contributed by atoms with van der Waals surface area (Å²) in [6.07, 6.45) is 3.57. The Morgan fingerprint density at radius 1 is 1.62 bits per heavy atom. The molecule has 1 aromatic heterocycles. The number of piperidine rings is 1. The lowest BCUT2D eigenvalue weighted by atomic mass is 10.1. The van der Waals surface area contributed by atoms with Crippen LogP contribution in [-0.2, 0) is 6.54 Å². The molecule has 1 aliphatic heterocycles. The summed E-state index contributed by atoms with van der Waals surface area (Å²) in [5.74, 6) is 0.981. The highest BCUT2D eigenvalue weighted by Crippen LogP contribution is 2.13. The van der Waals surface area contributed by atoms with Crippen LogP contribution in [0.2, 0.25) is 0 Å². The molecule has 0 spiro atoms. The maximum Gasteiger partial charge on any atom is 0.117 e. The molecule has 1 fully saturated rings. The van der Waals surface area contributed by atoms with E-state index in [-0.39, 0.29) is 6.10 Å². The molecule has 1 aromatic rings. The lowest BCUT2D eigenvalue weighted by Gasteiger charge is -2.28. The second-order valence-electron chi connectivity index (χ2n) is 3.61. The molecule has 0 aliphatic carbocycles. The van der Waals surface area contributed by atoms with Crippen molar-refractivity contribution in [2.24, 2.45) is 0 Å². The third-order valence-electron chi connectivity index (χ3n) is 2.44. The summed E-state index contributed by atoms with van der Waals surface area (Å²) < 4.78 is 5.25. The van der Waals surface area contributed by atoms with E-state index in [0.717, 1.165) is 38.2 Å². The van der Waals surface area contributed by atoms with E-state index >= 15 is 0 Å². The van der Waals surface area contributed by atoms with Crippen molar-refractivity contribution >= 4 is 0 Å². The Kier molecular flexibility index (Phi) is 2.66. The first-order valence-electron chi connectivity index (χ1n) is 4.77. The van der Waals surface area contributed by atoms with Crippen molar-refractivity contribution in [2.75, 3.05) is 13.1 Å². The van der Waals surface area contributed by atoms with Crippen molar-refractivity contribution < 1.29 is 9.52 Å². The fourth-order valence-electron chi connectivity index (χ4n) is 1.80. The summed E-state index contributed by atoms with van der Waals surface area (Å²) in [5.41, 5.74) is 0. The van der Waals surface area contributed by atoms with Gasteiger partial charge in [-0.05, 0) is 31.5 Å². The number of furan rings is 1. The Balaban J connectivity index is 1.87. The Morgan fingerprint density at radius 3 is 3.23 bits per heavy atom. The van der Waals surface area contributed by atoms with Crippen LogP contribution in [0.25, 0.3) is 0 Å². The van der Waals surface area contributed by atoms with E-state index in [1.807, 2.05) is 12.1 Å². The highest BCUT2D eigenvalue weighted by Gasteiger charge is 2.17. The van der Waals surface area contributed by atoms with Crippen molar-refractivity contribution in [1.29, 1.82) is 0 Å². The molecule has 1 saturated heterocycles. The number of aliphatic hydroxyl groups excluding tert-OH is 1. The predicted octanol–water partition coefficient (Wildman–Crippen LogP) is 1.24. The Bertz CT molecular complexity index is 245. The van der Waals surface area contributed by atoms with Crippen molar-refractivity contribution in [3.8, 4) is 0 Å². The Hall–Kier alpha value is -0.800. The number of rotatable bonds is 2. The van der Waals surface area contributed by atoms with E-state index in [2.05, 4.69) is 4.90 Å². The predicted molar refractivity (Wildman–Crippen MR) is 49.2 cm³/mol. The molecule has 1 N–H and O–H groups in total. The van der Waals surface area contributed by atoms with Gasteiger partial charge in [-0.15, -0.1) is 0 Å². The summed E-state index contributed by atoms with van der Waals surface area (Å²) in [5, 5.41) is 9.44. The molecule has 0 radical (unpaired) electrons. The molecule has 1 atom stereocenters. The molecule has 0 amide bonds. The van der Waals surface area contributed by atoms with Crippen LogP contribution in [-0.4, -0.2) is 29.2 Å². The number of hydrogen-bond acceptors (Lipinski definition) is 3. The summed E-state index contributed by atoms with van der Waals surface area (Å²) in [6, 6.07) is 3.87. The second kappa shape index (κ2) is 3.94. The maximum absolute atomic E-state index is 9.44. The van der Waals surface area contributed by atoms with Crippen LogP contribution in [0.1, 0.15) is 18.6 Å². The van der Waals surface area contributed by atoms with Crippen molar-refractivity contribution in [3.63, 3.8) is 0 Å². The SMILES string of the molecule is O[C@H]1CCCN(Cc2ccco2)C1. The standard InChI is InChI=1S/C10H15NO2/c12-9-3-1-5-11(7-9)8-10-4-2-6-13-10/h2,4,6,9,12H,1,3,5,7-8H2/t9-/m0/s1. The smallest absolute Gasteiger partial charge is 0.117 e. The topological polar surface area (TPSA) is 36.6 Å². The van der Waals surface area contributed by atoms with Crippen LogP contribution < -0.4 is 0 Å². The monoisotopic (exact) mass is 181 g/mol. The molecule has 1 aliphatic rings. The fourth-order valence-corrected chi connectivity index (χ4v) is 1.80. The summed E-state index contributed by atoms with van der Waals surface area (Å²) >= 11 is 0. The summed E-state index contributed by atoms with van der Waals surface area (Å²) in [7, 11) is 0. The zero-order valence-electron chi connectivity index (χ0n) is 7.65. The molecule has 0 bridgehead atoms. The molecule has 3 heteroatoms. The summed E-state index contributed by atoms with van der Waals surface area (Å²) in [4.78, 5) is 2.23. The molecular formula is C10H15NO2. The number of likely N-dealkylation sites (tertiary alicyclic amines) is 1. The maximum atomic E-state index is 9.44. The third kappa shape index (κ3) is 2.32. The number of nitrogens with zero attached hydrogens (tertiary/aromatic N) is 1. The number of hydrogen-bond donors (Lipinski definition) is 1. The second-order valence-corrected chi connectivity index (χ2v) is 3.61. The number of β-amino-alcohol motifs (C(OH)–C–C–N with tert-alkyl or cyclic N) is 1. The normalized spacial score (nSPS) is 24.8. The van der Waals surface area contributed by atoms with Crippen LogP contribution in [0, 0.1) is 0 Å². The fraction of sp³-hybridized carbons (Fsp3) is 0.600. The quantitative estimate of drug-likeness (QED) is 0.745. The Labute approximate surface area is 78.0 Å². The molecule has 72 valence electrons. The van der Waals surface area contributed by atoms with Gasteiger partial charge < -0.3 is 9.52 Å². The molecular weight excluding hydrogens is 166 g/mol. The van der Waals surface area contributed by atoms with Crippen LogP contribution in [0.5, 0.6) is 0 Å². The first-order chi connectivity index (χ1) is 6.34. The van der Waals surface area contributed by atoms with Crippen molar-refractivity contribution in [2.45, 2.75) is 25.5 Å². The van der Waals surface area contributed by atoms with Gasteiger partial charge in [0.25, 0.3) is 0 Å². The van der Waals surface area contributed by atoms with Gasteiger partial charge in [-0.25, -0.2) is 0 Å². The molecule has 0 unspecified atom stereocenters.